The van der Waals surface area contributed by atoms with Gasteiger partial charge in [-0.3, -0.25) is 9.59 Å². The maximum Gasteiger partial charge on any atom is 0.307 e. The Balaban J connectivity index is 1.71. The molecule has 2 rings (SSSR count). The molecule has 0 aliphatic carbocycles. The Morgan fingerprint density at radius 1 is 0.700 bits per heavy atom. The summed E-state index contributed by atoms with van der Waals surface area (Å²) in [6.45, 7) is 0.403. The predicted molar refractivity (Wildman–Crippen MR) is 119 cm³/mol. The van der Waals surface area contributed by atoms with Crippen LogP contribution in [0.1, 0.15) is 68.6 Å². The van der Waals surface area contributed by atoms with Crippen molar-refractivity contribution in [2.45, 2.75) is 57.5 Å². The van der Waals surface area contributed by atoms with Crippen LogP contribution >= 0.6 is 11.6 Å². The zero-order chi connectivity index (χ0) is 21.4. The van der Waals surface area contributed by atoms with Crippen molar-refractivity contribution in [1.29, 1.82) is 0 Å². The van der Waals surface area contributed by atoms with Crippen molar-refractivity contribution >= 4 is 23.5 Å². The number of benzene rings is 2. The van der Waals surface area contributed by atoms with Crippen LogP contribution in [0.5, 0.6) is 0 Å². The Kier molecular flexibility index (Phi) is 11.7. The third kappa shape index (κ3) is 9.45. The van der Waals surface area contributed by atoms with Gasteiger partial charge in [0.05, 0.1) is 19.4 Å². The number of ether oxygens (including phenoxy) is 2. The first-order valence-corrected chi connectivity index (χ1v) is 11.2. The molecule has 0 amide bonds. The Bertz CT molecular complexity index is 694. The molecule has 0 fully saturated rings. The highest BCUT2D eigenvalue weighted by Crippen LogP contribution is 2.26. The molecule has 0 heterocycles. The van der Waals surface area contributed by atoms with Gasteiger partial charge in [-0.2, -0.15) is 0 Å². The maximum absolute atomic E-state index is 12.4. The van der Waals surface area contributed by atoms with Crippen LogP contribution in [0.15, 0.2) is 60.7 Å². The average molecular weight is 431 g/mol. The van der Waals surface area contributed by atoms with Gasteiger partial charge in [-0.25, -0.2) is 0 Å². The number of carbonyl (C=O) groups excluding carboxylic acids is 2. The van der Waals surface area contributed by atoms with Crippen LogP contribution in [-0.2, 0) is 19.1 Å². The zero-order valence-electron chi connectivity index (χ0n) is 17.4. The van der Waals surface area contributed by atoms with E-state index in [2.05, 4.69) is 0 Å². The Morgan fingerprint density at radius 2 is 1.20 bits per heavy atom. The summed E-state index contributed by atoms with van der Waals surface area (Å²) in [5, 5.41) is 0. The van der Waals surface area contributed by atoms with Crippen molar-refractivity contribution < 1.29 is 19.1 Å². The number of hydrogen-bond acceptors (Lipinski definition) is 4. The highest BCUT2D eigenvalue weighted by atomic mass is 35.5. The predicted octanol–water partition coefficient (Wildman–Crippen LogP) is 6.22. The molecule has 0 bridgehead atoms. The van der Waals surface area contributed by atoms with Crippen molar-refractivity contribution in [1.82, 2.24) is 0 Å². The largest absolute Gasteiger partial charge is 0.466 e. The summed E-state index contributed by atoms with van der Waals surface area (Å²) in [5.74, 6) is -0.0497. The number of hydrogen-bond donors (Lipinski definition) is 0. The van der Waals surface area contributed by atoms with E-state index in [1.165, 1.54) is 0 Å². The fraction of sp³-hybridized carbons (Fsp3) is 0.440. The monoisotopic (exact) mass is 430 g/mol. The van der Waals surface area contributed by atoms with E-state index in [4.69, 9.17) is 21.1 Å². The minimum Gasteiger partial charge on any atom is -0.466 e. The smallest absolute Gasteiger partial charge is 0.307 e. The average Bonchev–Trinajstić information content (AvgIpc) is 2.79. The summed E-state index contributed by atoms with van der Waals surface area (Å²) in [5.41, 5.74) is 1.79. The summed E-state index contributed by atoms with van der Waals surface area (Å²) in [4.78, 5) is 24.3. The molecule has 2 aromatic carbocycles. The molecule has 2 aromatic rings. The Labute approximate surface area is 184 Å². The molecule has 5 heteroatoms. The molecule has 0 radical (unpaired) electrons. The number of unbranched alkanes of at least 4 members (excludes halogenated alkanes) is 5. The number of alkyl halides is 1. The molecule has 30 heavy (non-hydrogen) atoms. The summed E-state index contributed by atoms with van der Waals surface area (Å²) in [6, 6.07) is 19.2. The van der Waals surface area contributed by atoms with Crippen LogP contribution in [0.2, 0.25) is 0 Å². The first-order valence-electron chi connectivity index (χ1n) is 10.7. The molecule has 0 saturated heterocycles. The normalized spacial score (nSPS) is 10.7. The molecule has 0 saturated carbocycles. The highest BCUT2D eigenvalue weighted by molar-refractivity contribution is 6.17. The van der Waals surface area contributed by atoms with Gasteiger partial charge in [0.25, 0.3) is 0 Å². The van der Waals surface area contributed by atoms with Gasteiger partial charge in [0, 0.05) is 5.88 Å². The van der Waals surface area contributed by atoms with Gasteiger partial charge in [0.15, 0.2) is 6.10 Å². The Morgan fingerprint density at radius 3 is 1.77 bits per heavy atom. The van der Waals surface area contributed by atoms with E-state index in [0.29, 0.717) is 6.61 Å². The van der Waals surface area contributed by atoms with Crippen molar-refractivity contribution in [3.8, 4) is 0 Å². The van der Waals surface area contributed by atoms with Gasteiger partial charge in [0.1, 0.15) is 0 Å². The summed E-state index contributed by atoms with van der Waals surface area (Å²) in [6.07, 6.45) is 5.93. The van der Waals surface area contributed by atoms with E-state index < -0.39 is 12.1 Å². The fourth-order valence-electron chi connectivity index (χ4n) is 3.14. The summed E-state index contributed by atoms with van der Waals surface area (Å²) >= 11 is 5.65. The lowest BCUT2D eigenvalue weighted by atomic mass is 10.0. The van der Waals surface area contributed by atoms with Crippen LogP contribution in [0.3, 0.4) is 0 Å². The van der Waals surface area contributed by atoms with E-state index in [0.717, 1.165) is 55.5 Å². The van der Waals surface area contributed by atoms with Gasteiger partial charge >= 0.3 is 11.9 Å². The van der Waals surface area contributed by atoms with Crippen LogP contribution in [0.4, 0.5) is 0 Å². The Hall–Kier alpha value is -2.33. The molecule has 0 atom stereocenters. The SMILES string of the molecule is O=C(CCC(=O)OC(c1ccccc1)c1ccccc1)OCCCCCCCCCl. The molecule has 4 nitrogen and oxygen atoms in total. The maximum atomic E-state index is 12.4. The van der Waals surface area contributed by atoms with Crippen LogP contribution in [0, 0.1) is 0 Å². The third-order valence-corrected chi connectivity index (χ3v) is 5.05. The van der Waals surface area contributed by atoms with Gasteiger partial charge in [0.2, 0.25) is 0 Å². The van der Waals surface area contributed by atoms with Crippen LogP contribution in [0.25, 0.3) is 0 Å². The van der Waals surface area contributed by atoms with Crippen molar-refractivity contribution in [3.63, 3.8) is 0 Å². The minimum atomic E-state index is -0.491. The number of halogens is 1. The van der Waals surface area contributed by atoms with Crippen molar-refractivity contribution in [2.75, 3.05) is 12.5 Å². The van der Waals surface area contributed by atoms with Crippen LogP contribution < -0.4 is 0 Å². The second kappa shape index (κ2) is 14.6. The lowest BCUT2D eigenvalue weighted by Crippen LogP contribution is -2.15. The van der Waals surface area contributed by atoms with Gasteiger partial charge < -0.3 is 9.47 Å². The lowest BCUT2D eigenvalue weighted by Gasteiger charge is -2.19. The molecule has 0 spiro atoms. The fourth-order valence-corrected chi connectivity index (χ4v) is 3.33. The van der Waals surface area contributed by atoms with E-state index in [1.807, 2.05) is 60.7 Å². The molecular formula is C25H31ClO4. The van der Waals surface area contributed by atoms with Gasteiger partial charge in [-0.05, 0) is 24.0 Å². The highest BCUT2D eigenvalue weighted by Gasteiger charge is 2.19. The molecule has 0 N–H and O–H groups in total. The first-order chi connectivity index (χ1) is 14.7. The number of esters is 2. The topological polar surface area (TPSA) is 52.6 Å². The standard InChI is InChI=1S/C25H31ClO4/c26-19-11-3-1-2-4-12-20-29-23(27)17-18-24(28)30-25(21-13-7-5-8-14-21)22-15-9-6-10-16-22/h5-10,13-16,25H,1-4,11-12,17-20H2. The van der Waals surface area contributed by atoms with Crippen molar-refractivity contribution in [3.05, 3.63) is 71.8 Å². The zero-order valence-corrected chi connectivity index (χ0v) is 18.2. The van der Waals surface area contributed by atoms with Gasteiger partial charge in [-0.15, -0.1) is 11.6 Å². The lowest BCUT2D eigenvalue weighted by molar-refractivity contribution is -0.152. The molecule has 0 unspecified atom stereocenters. The quantitative estimate of drug-likeness (QED) is 0.203. The van der Waals surface area contributed by atoms with Gasteiger partial charge in [-0.1, -0.05) is 86.3 Å². The van der Waals surface area contributed by atoms with E-state index in [1.54, 1.807) is 0 Å². The molecule has 0 aliphatic rings. The molecule has 0 aromatic heterocycles. The second-order valence-corrected chi connectivity index (χ2v) is 7.60. The van der Waals surface area contributed by atoms with E-state index in [9.17, 15) is 9.59 Å². The molecule has 162 valence electrons. The number of rotatable bonds is 14. The van der Waals surface area contributed by atoms with Crippen LogP contribution in [-0.4, -0.2) is 24.4 Å². The molecule has 0 aliphatic heterocycles. The second-order valence-electron chi connectivity index (χ2n) is 7.22. The van der Waals surface area contributed by atoms with E-state index >= 15 is 0 Å². The summed E-state index contributed by atoms with van der Waals surface area (Å²) in [7, 11) is 0. The summed E-state index contributed by atoms with van der Waals surface area (Å²) < 4.78 is 10.9. The first kappa shape index (κ1) is 23.9. The van der Waals surface area contributed by atoms with E-state index in [-0.39, 0.29) is 18.8 Å². The minimum absolute atomic E-state index is 0.00737. The number of carbonyl (C=O) groups is 2. The molecular weight excluding hydrogens is 400 g/mol. The third-order valence-electron chi connectivity index (χ3n) is 4.78. The van der Waals surface area contributed by atoms with Crippen molar-refractivity contribution in [2.24, 2.45) is 0 Å².